The number of rotatable bonds is 4. The van der Waals surface area contributed by atoms with Crippen molar-refractivity contribution in [2.75, 3.05) is 5.32 Å². The maximum Gasteiger partial charge on any atom is 0.278 e. The summed E-state index contributed by atoms with van der Waals surface area (Å²) in [5, 5.41) is 15.6. The summed E-state index contributed by atoms with van der Waals surface area (Å²) in [6.07, 6.45) is 0.711. The van der Waals surface area contributed by atoms with E-state index in [1.165, 1.54) is 12.1 Å². The van der Waals surface area contributed by atoms with Gasteiger partial charge in [-0.25, -0.2) is 8.91 Å². The lowest BCUT2D eigenvalue weighted by Crippen LogP contribution is -2.19. The molecule has 0 aliphatic heterocycles. The Kier molecular flexibility index (Phi) is 4.80. The van der Waals surface area contributed by atoms with E-state index < -0.39 is 11.7 Å². The van der Waals surface area contributed by atoms with Crippen molar-refractivity contribution in [1.29, 1.82) is 0 Å². The second kappa shape index (κ2) is 7.43. The molecular formula is C22H20FN5O. The summed E-state index contributed by atoms with van der Waals surface area (Å²) in [5.74, 6) is -1.03. The van der Waals surface area contributed by atoms with E-state index in [1.54, 1.807) is 24.4 Å². The number of aryl methyl sites for hydroxylation is 3. The third-order valence-corrected chi connectivity index (χ3v) is 4.82. The van der Waals surface area contributed by atoms with E-state index in [4.69, 9.17) is 0 Å². The van der Waals surface area contributed by atoms with Crippen molar-refractivity contribution in [3.8, 4) is 11.1 Å². The number of halogens is 1. The molecule has 0 aliphatic carbocycles. The average Bonchev–Trinajstić information content (AvgIpc) is 3.10. The smallest absolute Gasteiger partial charge is 0.278 e. The van der Waals surface area contributed by atoms with Crippen molar-refractivity contribution < 1.29 is 9.18 Å². The Bertz CT molecular complexity index is 1220. The average molecular weight is 389 g/mol. The van der Waals surface area contributed by atoms with Gasteiger partial charge in [0.05, 0.1) is 22.6 Å². The number of aromatic nitrogens is 4. The normalized spacial score (nSPS) is 11.0. The molecule has 0 aliphatic rings. The van der Waals surface area contributed by atoms with E-state index in [2.05, 4.69) is 20.6 Å². The fourth-order valence-electron chi connectivity index (χ4n) is 3.31. The van der Waals surface area contributed by atoms with E-state index in [-0.39, 0.29) is 11.4 Å². The predicted octanol–water partition coefficient (Wildman–Crippen LogP) is 4.36. The first-order valence-corrected chi connectivity index (χ1v) is 9.37. The highest BCUT2D eigenvalue weighted by molar-refractivity contribution is 6.03. The Morgan fingerprint density at radius 3 is 2.55 bits per heavy atom. The minimum Gasteiger partial charge on any atom is -0.318 e. The van der Waals surface area contributed by atoms with Crippen LogP contribution in [-0.2, 0) is 6.42 Å². The van der Waals surface area contributed by atoms with Crippen LogP contribution in [0.1, 0.15) is 34.4 Å². The molecule has 0 saturated carbocycles. The van der Waals surface area contributed by atoms with Crippen LogP contribution in [0.25, 0.3) is 16.8 Å². The van der Waals surface area contributed by atoms with E-state index >= 15 is 0 Å². The fraction of sp³-hybridized carbons (Fsp3) is 0.182. The van der Waals surface area contributed by atoms with Crippen molar-refractivity contribution in [2.24, 2.45) is 0 Å². The molecule has 0 bridgehead atoms. The third-order valence-electron chi connectivity index (χ3n) is 4.82. The van der Waals surface area contributed by atoms with Crippen LogP contribution in [0.5, 0.6) is 0 Å². The summed E-state index contributed by atoms with van der Waals surface area (Å²) < 4.78 is 15.7. The van der Waals surface area contributed by atoms with Gasteiger partial charge in [0.15, 0.2) is 11.3 Å². The molecule has 0 atom stereocenters. The number of fused-ring (bicyclic) bond motifs is 1. The highest BCUT2D eigenvalue weighted by atomic mass is 19.1. The van der Waals surface area contributed by atoms with Gasteiger partial charge in [-0.05, 0) is 43.5 Å². The third kappa shape index (κ3) is 3.35. The van der Waals surface area contributed by atoms with Gasteiger partial charge in [-0.3, -0.25) is 4.79 Å². The van der Waals surface area contributed by atoms with Gasteiger partial charge in [0, 0.05) is 0 Å². The SMILES string of the molecule is CCc1nn2c(C)c(C(=O)Nc3ccc(C)cc3F)nnc2c1-c1ccccc1. The molecule has 0 saturated heterocycles. The molecule has 0 fully saturated rings. The Morgan fingerprint density at radius 1 is 1.10 bits per heavy atom. The van der Waals surface area contributed by atoms with Crippen molar-refractivity contribution in [3.63, 3.8) is 0 Å². The van der Waals surface area contributed by atoms with Crippen LogP contribution in [0.3, 0.4) is 0 Å². The number of hydrogen-bond donors (Lipinski definition) is 1. The molecule has 0 spiro atoms. The summed E-state index contributed by atoms with van der Waals surface area (Å²) in [6, 6.07) is 14.5. The van der Waals surface area contributed by atoms with E-state index in [0.717, 1.165) is 22.4 Å². The summed E-state index contributed by atoms with van der Waals surface area (Å²) in [4.78, 5) is 12.7. The van der Waals surface area contributed by atoms with Crippen LogP contribution in [0.15, 0.2) is 48.5 Å². The monoisotopic (exact) mass is 389 g/mol. The summed E-state index contributed by atoms with van der Waals surface area (Å²) in [7, 11) is 0. The topological polar surface area (TPSA) is 72.2 Å². The zero-order chi connectivity index (χ0) is 20.5. The van der Waals surface area contributed by atoms with E-state index in [0.29, 0.717) is 17.8 Å². The molecule has 7 heteroatoms. The summed E-state index contributed by atoms with van der Waals surface area (Å²) in [6.45, 7) is 5.56. The van der Waals surface area contributed by atoms with Gasteiger partial charge >= 0.3 is 0 Å². The van der Waals surface area contributed by atoms with Crippen LogP contribution in [0.4, 0.5) is 10.1 Å². The van der Waals surface area contributed by atoms with Crippen LogP contribution in [0.2, 0.25) is 0 Å². The number of anilines is 1. The molecule has 2 heterocycles. The predicted molar refractivity (Wildman–Crippen MR) is 109 cm³/mol. The van der Waals surface area contributed by atoms with Gasteiger partial charge in [-0.15, -0.1) is 10.2 Å². The highest BCUT2D eigenvalue weighted by Gasteiger charge is 2.21. The number of carbonyl (C=O) groups is 1. The quantitative estimate of drug-likeness (QED) is 0.563. The molecule has 0 radical (unpaired) electrons. The number of benzene rings is 2. The van der Waals surface area contributed by atoms with Crippen LogP contribution < -0.4 is 5.32 Å². The first-order chi connectivity index (χ1) is 14.0. The van der Waals surface area contributed by atoms with E-state index in [9.17, 15) is 9.18 Å². The number of hydrogen-bond acceptors (Lipinski definition) is 4. The summed E-state index contributed by atoms with van der Waals surface area (Å²) >= 11 is 0. The Morgan fingerprint density at radius 2 is 1.86 bits per heavy atom. The summed E-state index contributed by atoms with van der Waals surface area (Å²) in [5.41, 5.74) is 4.86. The minimum atomic E-state index is -0.533. The number of nitrogens with one attached hydrogen (secondary N) is 1. The lowest BCUT2D eigenvalue weighted by Gasteiger charge is -2.09. The molecule has 2 aromatic heterocycles. The molecule has 4 aromatic rings. The Labute approximate surface area is 167 Å². The fourth-order valence-corrected chi connectivity index (χ4v) is 3.31. The van der Waals surface area contributed by atoms with Crippen molar-refractivity contribution in [1.82, 2.24) is 19.8 Å². The van der Waals surface area contributed by atoms with Gasteiger partial charge in [0.25, 0.3) is 5.91 Å². The highest BCUT2D eigenvalue weighted by Crippen LogP contribution is 2.28. The van der Waals surface area contributed by atoms with Gasteiger partial charge in [-0.1, -0.05) is 43.3 Å². The van der Waals surface area contributed by atoms with Gasteiger partial charge < -0.3 is 5.32 Å². The zero-order valence-corrected chi connectivity index (χ0v) is 16.4. The molecule has 29 heavy (non-hydrogen) atoms. The van der Waals surface area contributed by atoms with Crippen LogP contribution in [0, 0.1) is 19.7 Å². The van der Waals surface area contributed by atoms with Gasteiger partial charge in [0.2, 0.25) is 0 Å². The van der Waals surface area contributed by atoms with Crippen LogP contribution in [-0.4, -0.2) is 25.7 Å². The second-order valence-electron chi connectivity index (χ2n) is 6.85. The van der Waals surface area contributed by atoms with Crippen molar-refractivity contribution >= 4 is 17.2 Å². The number of nitrogens with zero attached hydrogens (tertiary/aromatic N) is 4. The van der Waals surface area contributed by atoms with E-state index in [1.807, 2.05) is 37.3 Å². The maximum atomic E-state index is 14.1. The Hall–Kier alpha value is -3.61. The number of amides is 1. The molecule has 0 unspecified atom stereocenters. The molecule has 4 rings (SSSR count). The standard InChI is InChI=1S/C22H20FN5O/c1-4-17-19(15-8-6-5-7-9-15)21-26-25-20(14(3)28(21)27-17)22(29)24-18-11-10-13(2)12-16(18)23/h5-12H,4H2,1-3H3,(H,24,29). The molecule has 6 nitrogen and oxygen atoms in total. The Balaban J connectivity index is 1.77. The van der Waals surface area contributed by atoms with Crippen LogP contribution >= 0.6 is 0 Å². The molecule has 2 aromatic carbocycles. The zero-order valence-electron chi connectivity index (χ0n) is 16.4. The second-order valence-corrected chi connectivity index (χ2v) is 6.85. The number of carbonyl (C=O) groups excluding carboxylic acids is 1. The van der Waals surface area contributed by atoms with Gasteiger partial charge in [0.1, 0.15) is 5.82 Å². The molecule has 1 N–H and O–H groups in total. The molecule has 146 valence electrons. The van der Waals surface area contributed by atoms with Crippen molar-refractivity contribution in [2.45, 2.75) is 27.2 Å². The lowest BCUT2D eigenvalue weighted by molar-refractivity contribution is 0.101. The molecule has 1 amide bonds. The van der Waals surface area contributed by atoms with Crippen molar-refractivity contribution in [3.05, 3.63) is 77.0 Å². The lowest BCUT2D eigenvalue weighted by atomic mass is 10.0. The van der Waals surface area contributed by atoms with Gasteiger partial charge in [-0.2, -0.15) is 5.10 Å². The maximum absolute atomic E-state index is 14.1. The molecular weight excluding hydrogens is 369 g/mol. The first kappa shape index (κ1) is 18.7. The first-order valence-electron chi connectivity index (χ1n) is 9.37. The minimum absolute atomic E-state index is 0.0987. The largest absolute Gasteiger partial charge is 0.318 e.